The van der Waals surface area contributed by atoms with Gasteiger partial charge in [-0.15, -0.1) is 0 Å². The maximum atomic E-state index is 14.5. The SMILES string of the molecule is Cc1ccc(C(=O)OC[C@H]2O[C@@H](O[C@@H]3[C@@H](OC(=O)c4ccccc4)[C@@H](O)O[C@H](CO)[C@H]3OCc3ccccc3)[C@H](OC(=O)c3ccc(C)cc3)[C@@H](OC(=O)c3ccc(C)cc3)[C@@H]2OC(=O)c2ccc(C)cc2)cc1. The van der Waals surface area contributed by atoms with Gasteiger partial charge in [-0.2, -0.15) is 0 Å². The molecule has 16 nitrogen and oxygen atoms in total. The van der Waals surface area contributed by atoms with Crippen LogP contribution >= 0.6 is 0 Å². The van der Waals surface area contributed by atoms with Gasteiger partial charge in [0.25, 0.3) is 0 Å². The molecule has 0 spiro atoms. The summed E-state index contributed by atoms with van der Waals surface area (Å²) in [6, 6.07) is 42.7. The first-order valence-electron chi connectivity index (χ1n) is 24.0. The minimum absolute atomic E-state index is 0.0564. The minimum atomic E-state index is -1.97. The molecule has 2 fully saturated rings. The second-order valence-corrected chi connectivity index (χ2v) is 18.1. The molecular formula is C58H56O16. The van der Waals surface area contributed by atoms with Gasteiger partial charge < -0.3 is 52.8 Å². The smallest absolute Gasteiger partial charge is 0.338 e. The number of rotatable bonds is 17. The molecule has 2 aliphatic rings. The molecule has 0 radical (unpaired) electrons. The van der Waals surface area contributed by atoms with Gasteiger partial charge in [-0.1, -0.05) is 119 Å². The Bertz CT molecular complexity index is 2840. The second-order valence-electron chi connectivity index (χ2n) is 18.1. The zero-order valence-corrected chi connectivity index (χ0v) is 41.0. The molecule has 8 rings (SSSR count). The lowest BCUT2D eigenvalue weighted by Gasteiger charge is -2.48. The summed E-state index contributed by atoms with van der Waals surface area (Å²) in [4.78, 5) is 70.8. The van der Waals surface area contributed by atoms with Gasteiger partial charge in [-0.05, 0) is 93.9 Å². The van der Waals surface area contributed by atoms with Gasteiger partial charge in [0, 0.05) is 0 Å². The lowest BCUT2D eigenvalue weighted by molar-refractivity contribution is -0.357. The average Bonchev–Trinajstić information content (AvgIpc) is 3.41. The zero-order valence-electron chi connectivity index (χ0n) is 41.0. The number of hydrogen-bond acceptors (Lipinski definition) is 16. The molecule has 2 heterocycles. The van der Waals surface area contributed by atoms with E-state index < -0.39 is 104 Å². The van der Waals surface area contributed by atoms with E-state index in [9.17, 15) is 34.2 Å². The summed E-state index contributed by atoms with van der Waals surface area (Å²) >= 11 is 0. The van der Waals surface area contributed by atoms with Gasteiger partial charge >= 0.3 is 29.8 Å². The third-order valence-electron chi connectivity index (χ3n) is 12.5. The van der Waals surface area contributed by atoms with Crippen LogP contribution in [0.25, 0.3) is 0 Å². The number of esters is 5. The van der Waals surface area contributed by atoms with E-state index in [1.165, 1.54) is 48.5 Å². The summed E-state index contributed by atoms with van der Waals surface area (Å²) in [5, 5.41) is 22.5. The van der Waals surface area contributed by atoms with Crippen LogP contribution in [-0.4, -0.2) is 115 Å². The molecule has 0 amide bonds. The average molecular weight is 1010 g/mol. The van der Waals surface area contributed by atoms with Gasteiger partial charge in [0.2, 0.25) is 0 Å². The number of ether oxygens (including phenoxy) is 9. The Labute approximate surface area is 427 Å². The molecule has 2 N–H and O–H groups in total. The van der Waals surface area contributed by atoms with Crippen LogP contribution in [-0.2, 0) is 49.2 Å². The minimum Gasteiger partial charge on any atom is -0.459 e. The Morgan fingerprint density at radius 3 is 1.31 bits per heavy atom. The highest BCUT2D eigenvalue weighted by atomic mass is 16.8. The van der Waals surface area contributed by atoms with Crippen molar-refractivity contribution in [3.8, 4) is 0 Å². The largest absolute Gasteiger partial charge is 0.459 e. The maximum Gasteiger partial charge on any atom is 0.338 e. The number of benzene rings is 6. The number of hydrogen-bond donors (Lipinski definition) is 2. The number of carbonyl (C=O) groups is 5. The Morgan fingerprint density at radius 1 is 0.432 bits per heavy atom. The summed E-state index contributed by atoms with van der Waals surface area (Å²) in [7, 11) is 0. The highest BCUT2D eigenvalue weighted by molar-refractivity contribution is 5.92. The van der Waals surface area contributed by atoms with Crippen LogP contribution in [0.5, 0.6) is 0 Å². The topological polar surface area (TPSA) is 209 Å². The summed E-state index contributed by atoms with van der Waals surface area (Å²) < 4.78 is 56.6. The molecule has 0 unspecified atom stereocenters. The van der Waals surface area contributed by atoms with Crippen molar-refractivity contribution in [2.24, 2.45) is 0 Å². The van der Waals surface area contributed by atoms with Gasteiger partial charge in [-0.3, -0.25) is 0 Å². The molecule has 2 saturated heterocycles. The van der Waals surface area contributed by atoms with E-state index in [0.29, 0.717) is 5.56 Å². The Hall–Kier alpha value is -7.57. The van der Waals surface area contributed by atoms with Crippen LogP contribution < -0.4 is 0 Å². The van der Waals surface area contributed by atoms with E-state index in [1.807, 2.05) is 33.8 Å². The Kier molecular flexibility index (Phi) is 17.4. The van der Waals surface area contributed by atoms with E-state index in [0.717, 1.165) is 22.3 Å². The predicted octanol–water partition coefficient (Wildman–Crippen LogP) is 7.38. The quantitative estimate of drug-likeness (QED) is 0.0674. The molecule has 16 heteroatoms. The fraction of sp³-hybridized carbons (Fsp3) is 0.293. The van der Waals surface area contributed by atoms with Crippen molar-refractivity contribution in [3.05, 3.63) is 213 Å². The Balaban J connectivity index is 1.26. The molecular weight excluding hydrogens is 953 g/mol. The number of aliphatic hydroxyl groups excluding tert-OH is 2. The van der Waals surface area contributed by atoms with Crippen LogP contribution in [0.1, 0.15) is 79.6 Å². The normalized spacial score (nSPS) is 23.4. The first-order chi connectivity index (χ1) is 35.7. The molecule has 384 valence electrons. The number of aliphatic hydroxyl groups is 2. The van der Waals surface area contributed by atoms with Crippen molar-refractivity contribution < 1.29 is 76.8 Å². The number of carbonyl (C=O) groups excluding carboxylic acids is 5. The summed E-state index contributed by atoms with van der Waals surface area (Å²) in [5.74, 6) is -4.51. The standard InChI is InChI=1S/C58H56O16/c1-34-15-23-40(24-16-34)52(60)67-33-45-47(70-54(62)41-25-17-35(2)18-26-41)49(71-55(63)42-27-19-36(3)20-28-42)51(73-56(64)43-29-21-37(4)22-30-43)58(69-45)74-48-46(66-32-38-11-7-5-8-12-38)44(31-59)68-57(65)50(48)72-53(61)39-13-9-6-10-14-39/h5-30,44-51,57-59,65H,31-33H2,1-4H3/t44-,45-,46-,47-,48+,49+,50-,51-,57+,58+/m1/s1. The first-order valence-corrected chi connectivity index (χ1v) is 24.0. The van der Waals surface area contributed by atoms with E-state index >= 15 is 0 Å². The molecule has 2 aliphatic heterocycles. The summed E-state index contributed by atoms with van der Waals surface area (Å²) in [6.45, 7) is 5.82. The van der Waals surface area contributed by atoms with Crippen molar-refractivity contribution in [2.75, 3.05) is 13.2 Å². The fourth-order valence-electron chi connectivity index (χ4n) is 8.31. The third-order valence-corrected chi connectivity index (χ3v) is 12.5. The first kappa shape index (κ1) is 52.7. The van der Waals surface area contributed by atoms with Crippen molar-refractivity contribution >= 4 is 29.8 Å². The van der Waals surface area contributed by atoms with Crippen molar-refractivity contribution in [2.45, 2.75) is 95.7 Å². The van der Waals surface area contributed by atoms with E-state index in [-0.39, 0.29) is 34.4 Å². The Morgan fingerprint density at radius 2 is 0.838 bits per heavy atom. The van der Waals surface area contributed by atoms with Gasteiger partial charge in [0.05, 0.1) is 41.0 Å². The van der Waals surface area contributed by atoms with Gasteiger partial charge in [-0.25, -0.2) is 24.0 Å². The molecule has 0 saturated carbocycles. The molecule has 0 bridgehead atoms. The molecule has 10 atom stereocenters. The van der Waals surface area contributed by atoms with E-state index in [2.05, 4.69) is 0 Å². The van der Waals surface area contributed by atoms with Crippen molar-refractivity contribution in [1.29, 1.82) is 0 Å². The van der Waals surface area contributed by atoms with Crippen LogP contribution in [0.2, 0.25) is 0 Å². The molecule has 6 aromatic carbocycles. The van der Waals surface area contributed by atoms with Crippen LogP contribution in [0.4, 0.5) is 0 Å². The number of aryl methyl sites for hydroxylation is 4. The van der Waals surface area contributed by atoms with Crippen LogP contribution in [0.3, 0.4) is 0 Å². The molecule has 0 aromatic heterocycles. The van der Waals surface area contributed by atoms with E-state index in [4.69, 9.17) is 42.6 Å². The maximum absolute atomic E-state index is 14.5. The predicted molar refractivity (Wildman–Crippen MR) is 265 cm³/mol. The molecule has 0 aliphatic carbocycles. The van der Waals surface area contributed by atoms with Crippen LogP contribution in [0.15, 0.2) is 158 Å². The highest BCUT2D eigenvalue weighted by Crippen LogP contribution is 2.36. The van der Waals surface area contributed by atoms with Crippen molar-refractivity contribution in [3.63, 3.8) is 0 Å². The monoisotopic (exact) mass is 1010 g/mol. The summed E-state index contributed by atoms with van der Waals surface area (Å²) in [6.07, 6.45) is -17.1. The third kappa shape index (κ3) is 13.1. The van der Waals surface area contributed by atoms with Gasteiger partial charge in [0.1, 0.15) is 31.0 Å². The zero-order chi connectivity index (χ0) is 52.3. The second kappa shape index (κ2) is 24.4. The fourth-order valence-corrected chi connectivity index (χ4v) is 8.31. The highest BCUT2D eigenvalue weighted by Gasteiger charge is 2.57. The molecule has 74 heavy (non-hydrogen) atoms. The lowest BCUT2D eigenvalue weighted by Crippen LogP contribution is -2.67. The molecule has 6 aromatic rings. The van der Waals surface area contributed by atoms with Crippen molar-refractivity contribution in [1.82, 2.24) is 0 Å². The lowest BCUT2D eigenvalue weighted by atomic mass is 9.95. The van der Waals surface area contributed by atoms with E-state index in [1.54, 1.807) is 103 Å². The summed E-state index contributed by atoms with van der Waals surface area (Å²) in [5.41, 5.74) is 4.55. The van der Waals surface area contributed by atoms with Crippen LogP contribution in [0, 0.1) is 27.7 Å². The van der Waals surface area contributed by atoms with Gasteiger partial charge in [0.15, 0.2) is 37.0 Å².